The minimum Gasteiger partial charge on any atom is -0.508 e. The Morgan fingerprint density at radius 3 is 2.60 bits per heavy atom. The van der Waals surface area contributed by atoms with Crippen LogP contribution in [0.5, 0.6) is 5.75 Å². The zero-order valence-electron chi connectivity index (χ0n) is 14.1. The third-order valence-corrected chi connectivity index (χ3v) is 4.37. The molecule has 0 aliphatic rings. The standard InChI is InChI=1S/C20H22N2O3/c1-13-18(17-4-2-3-5-19(17)21-13)11-20(25)22-15(12-23)10-14-6-8-16(24)9-7-14/h2-9,15,21,23-24H,10-12H2,1H3,(H,22,25)/t15-/m0/s1. The second-order valence-electron chi connectivity index (χ2n) is 6.27. The minimum atomic E-state index is -0.359. The van der Waals surface area contributed by atoms with Gasteiger partial charge in [0.2, 0.25) is 5.91 Å². The van der Waals surface area contributed by atoms with Gasteiger partial charge in [0.1, 0.15) is 5.75 Å². The van der Waals surface area contributed by atoms with Gasteiger partial charge in [0.15, 0.2) is 0 Å². The van der Waals surface area contributed by atoms with Crippen LogP contribution in [0, 0.1) is 6.92 Å². The number of aromatic amines is 1. The van der Waals surface area contributed by atoms with Gasteiger partial charge in [-0.15, -0.1) is 0 Å². The predicted molar refractivity (Wildman–Crippen MR) is 97.6 cm³/mol. The van der Waals surface area contributed by atoms with Crippen LogP contribution in [0.2, 0.25) is 0 Å². The van der Waals surface area contributed by atoms with Crippen molar-refractivity contribution in [3.8, 4) is 5.75 Å². The predicted octanol–water partition coefficient (Wildman–Crippen LogP) is 2.44. The number of aromatic nitrogens is 1. The third kappa shape index (κ3) is 4.00. The van der Waals surface area contributed by atoms with Gasteiger partial charge in [-0.25, -0.2) is 0 Å². The maximum absolute atomic E-state index is 12.4. The molecule has 1 aromatic heterocycles. The molecule has 5 heteroatoms. The lowest BCUT2D eigenvalue weighted by Gasteiger charge is -2.16. The van der Waals surface area contributed by atoms with Crippen molar-refractivity contribution < 1.29 is 15.0 Å². The fourth-order valence-electron chi connectivity index (χ4n) is 3.08. The SMILES string of the molecule is Cc1[nH]c2ccccc2c1CC(=O)N[C@H](CO)Cc1ccc(O)cc1. The molecule has 3 aromatic rings. The number of carbonyl (C=O) groups excluding carboxylic acids is 1. The van der Waals surface area contributed by atoms with E-state index in [2.05, 4.69) is 10.3 Å². The molecule has 0 radical (unpaired) electrons. The molecular weight excluding hydrogens is 316 g/mol. The highest BCUT2D eigenvalue weighted by molar-refractivity contribution is 5.90. The third-order valence-electron chi connectivity index (χ3n) is 4.37. The molecule has 3 rings (SSSR count). The number of aliphatic hydroxyl groups excluding tert-OH is 1. The van der Waals surface area contributed by atoms with Gasteiger partial charge in [-0.05, 0) is 42.7 Å². The summed E-state index contributed by atoms with van der Waals surface area (Å²) < 4.78 is 0. The maximum Gasteiger partial charge on any atom is 0.224 e. The minimum absolute atomic E-state index is 0.120. The van der Waals surface area contributed by atoms with Gasteiger partial charge < -0.3 is 20.5 Å². The van der Waals surface area contributed by atoms with Gasteiger partial charge in [-0.2, -0.15) is 0 Å². The Labute approximate surface area is 146 Å². The van der Waals surface area contributed by atoms with Crippen molar-refractivity contribution in [2.45, 2.75) is 25.8 Å². The molecule has 0 spiro atoms. The Morgan fingerprint density at radius 2 is 1.88 bits per heavy atom. The second-order valence-corrected chi connectivity index (χ2v) is 6.27. The molecule has 2 aromatic carbocycles. The van der Waals surface area contributed by atoms with E-state index in [-0.39, 0.29) is 30.7 Å². The van der Waals surface area contributed by atoms with Gasteiger partial charge in [-0.1, -0.05) is 30.3 Å². The number of hydrogen-bond donors (Lipinski definition) is 4. The summed E-state index contributed by atoms with van der Waals surface area (Å²) in [5.41, 5.74) is 3.93. The Balaban J connectivity index is 1.67. The van der Waals surface area contributed by atoms with Crippen LogP contribution in [-0.2, 0) is 17.6 Å². The molecule has 0 fully saturated rings. The van der Waals surface area contributed by atoms with E-state index in [9.17, 15) is 15.0 Å². The fourth-order valence-corrected chi connectivity index (χ4v) is 3.08. The first-order chi connectivity index (χ1) is 12.1. The highest BCUT2D eigenvalue weighted by atomic mass is 16.3. The number of phenolic OH excluding ortho intramolecular Hbond substituents is 1. The van der Waals surface area contributed by atoms with Crippen LogP contribution in [0.3, 0.4) is 0 Å². The topological polar surface area (TPSA) is 85.4 Å². The van der Waals surface area contributed by atoms with Crippen molar-refractivity contribution in [3.05, 3.63) is 65.4 Å². The van der Waals surface area contributed by atoms with Crippen LogP contribution < -0.4 is 5.32 Å². The van der Waals surface area contributed by atoms with E-state index < -0.39 is 0 Å². The van der Waals surface area contributed by atoms with E-state index in [4.69, 9.17) is 0 Å². The molecule has 0 saturated carbocycles. The Bertz CT molecular complexity index is 868. The Hall–Kier alpha value is -2.79. The number of aromatic hydroxyl groups is 1. The number of benzene rings is 2. The molecule has 1 heterocycles. The van der Waals surface area contributed by atoms with Crippen LogP contribution in [0.1, 0.15) is 16.8 Å². The number of carbonyl (C=O) groups is 1. The molecule has 4 N–H and O–H groups in total. The number of aliphatic hydroxyl groups is 1. The summed E-state index contributed by atoms with van der Waals surface area (Å²) in [5, 5.41) is 22.8. The van der Waals surface area contributed by atoms with Gasteiger partial charge in [0, 0.05) is 16.6 Å². The number of amides is 1. The molecular formula is C20H22N2O3. The quantitative estimate of drug-likeness (QED) is 0.557. The van der Waals surface area contributed by atoms with Crippen LogP contribution in [0.4, 0.5) is 0 Å². The summed E-state index contributed by atoms with van der Waals surface area (Å²) in [6.07, 6.45) is 0.775. The first-order valence-electron chi connectivity index (χ1n) is 8.31. The number of hydrogen-bond acceptors (Lipinski definition) is 3. The maximum atomic E-state index is 12.4. The summed E-state index contributed by atoms with van der Waals surface area (Å²) in [4.78, 5) is 15.7. The van der Waals surface area contributed by atoms with Crippen LogP contribution in [-0.4, -0.2) is 33.8 Å². The molecule has 0 aliphatic carbocycles. The van der Waals surface area contributed by atoms with Crippen LogP contribution in [0.25, 0.3) is 10.9 Å². The van der Waals surface area contributed by atoms with E-state index in [1.807, 2.05) is 31.2 Å². The molecule has 1 atom stereocenters. The van der Waals surface area contributed by atoms with E-state index in [0.717, 1.165) is 27.7 Å². The van der Waals surface area contributed by atoms with Crippen LogP contribution in [0.15, 0.2) is 48.5 Å². The molecule has 0 aliphatic heterocycles. The second kappa shape index (κ2) is 7.40. The largest absolute Gasteiger partial charge is 0.508 e. The van der Waals surface area contributed by atoms with E-state index in [1.54, 1.807) is 24.3 Å². The lowest BCUT2D eigenvalue weighted by molar-refractivity contribution is -0.121. The zero-order chi connectivity index (χ0) is 17.8. The summed E-state index contributed by atoms with van der Waals surface area (Å²) in [6.45, 7) is 1.82. The number of nitrogens with one attached hydrogen (secondary N) is 2. The fraction of sp³-hybridized carbons (Fsp3) is 0.250. The number of aryl methyl sites for hydroxylation is 1. The average Bonchev–Trinajstić information content (AvgIpc) is 2.92. The van der Waals surface area contributed by atoms with Gasteiger partial charge in [0.05, 0.1) is 19.1 Å². The number of phenols is 1. The summed E-state index contributed by atoms with van der Waals surface area (Å²) >= 11 is 0. The lowest BCUT2D eigenvalue weighted by atomic mass is 10.0. The van der Waals surface area contributed by atoms with Crippen LogP contribution >= 0.6 is 0 Å². The summed E-state index contributed by atoms with van der Waals surface area (Å²) in [5.74, 6) is 0.0776. The molecule has 5 nitrogen and oxygen atoms in total. The van der Waals surface area contributed by atoms with Crippen molar-refractivity contribution in [3.63, 3.8) is 0 Å². The first-order valence-corrected chi connectivity index (χ1v) is 8.31. The number of para-hydroxylation sites is 1. The van der Waals surface area contributed by atoms with Gasteiger partial charge in [0.25, 0.3) is 0 Å². The highest BCUT2D eigenvalue weighted by Crippen LogP contribution is 2.22. The Kier molecular flexibility index (Phi) is 5.05. The van der Waals surface area contributed by atoms with Crippen molar-refractivity contribution in [1.29, 1.82) is 0 Å². The molecule has 0 saturated heterocycles. The molecule has 25 heavy (non-hydrogen) atoms. The van der Waals surface area contributed by atoms with Crippen molar-refractivity contribution >= 4 is 16.8 Å². The van der Waals surface area contributed by atoms with E-state index in [1.165, 1.54) is 0 Å². The summed E-state index contributed by atoms with van der Waals surface area (Å²) in [6, 6.07) is 14.3. The first kappa shape index (κ1) is 17.0. The smallest absolute Gasteiger partial charge is 0.224 e. The van der Waals surface area contributed by atoms with Crippen molar-refractivity contribution in [2.75, 3.05) is 6.61 Å². The van der Waals surface area contributed by atoms with E-state index >= 15 is 0 Å². The lowest BCUT2D eigenvalue weighted by Crippen LogP contribution is -2.39. The van der Waals surface area contributed by atoms with Crippen molar-refractivity contribution in [1.82, 2.24) is 10.3 Å². The number of fused-ring (bicyclic) bond motifs is 1. The number of rotatable bonds is 6. The monoisotopic (exact) mass is 338 g/mol. The van der Waals surface area contributed by atoms with Crippen molar-refractivity contribution in [2.24, 2.45) is 0 Å². The van der Waals surface area contributed by atoms with Gasteiger partial charge >= 0.3 is 0 Å². The normalized spacial score (nSPS) is 12.2. The summed E-state index contributed by atoms with van der Waals surface area (Å²) in [7, 11) is 0. The molecule has 0 unspecified atom stereocenters. The van der Waals surface area contributed by atoms with Gasteiger partial charge in [-0.3, -0.25) is 4.79 Å². The highest BCUT2D eigenvalue weighted by Gasteiger charge is 2.16. The Morgan fingerprint density at radius 1 is 1.16 bits per heavy atom. The number of H-pyrrole nitrogens is 1. The molecule has 1 amide bonds. The zero-order valence-corrected chi connectivity index (χ0v) is 14.1. The molecule has 130 valence electrons. The molecule has 0 bridgehead atoms. The average molecular weight is 338 g/mol. The van der Waals surface area contributed by atoms with E-state index in [0.29, 0.717) is 6.42 Å².